The molecule has 0 heterocycles. The first kappa shape index (κ1) is 15.0. The zero-order valence-corrected chi connectivity index (χ0v) is 12.1. The molecule has 0 N–H and O–H groups in total. The first-order chi connectivity index (χ1) is 8.88. The van der Waals surface area contributed by atoms with Gasteiger partial charge in [-0.3, -0.25) is 0 Å². The Kier molecular flexibility index (Phi) is 8.29. The Morgan fingerprint density at radius 2 is 1.56 bits per heavy atom. The quantitative estimate of drug-likeness (QED) is 0.466. The summed E-state index contributed by atoms with van der Waals surface area (Å²) in [4.78, 5) is 0. The molecule has 0 aliphatic carbocycles. The molecular weight excluding hydrogens is 216 g/mol. The molecule has 0 amide bonds. The molecule has 0 saturated carbocycles. The van der Waals surface area contributed by atoms with Crippen LogP contribution in [0.15, 0.2) is 30.3 Å². The molecule has 0 nitrogen and oxygen atoms in total. The second-order valence-electron chi connectivity index (χ2n) is 5.07. The van der Waals surface area contributed by atoms with Crippen molar-refractivity contribution in [3.8, 4) is 0 Å². The van der Waals surface area contributed by atoms with Gasteiger partial charge in [-0.25, -0.2) is 0 Å². The van der Waals surface area contributed by atoms with Crippen LogP contribution in [-0.4, -0.2) is 0 Å². The second kappa shape index (κ2) is 9.94. The van der Waals surface area contributed by atoms with Crippen LogP contribution in [0.5, 0.6) is 0 Å². The van der Waals surface area contributed by atoms with Crippen molar-refractivity contribution in [3.63, 3.8) is 0 Å². The lowest BCUT2D eigenvalue weighted by molar-refractivity contribution is 0.589. The summed E-state index contributed by atoms with van der Waals surface area (Å²) in [6.07, 6.45) is 15.3. The van der Waals surface area contributed by atoms with Gasteiger partial charge in [0.05, 0.1) is 0 Å². The van der Waals surface area contributed by atoms with Gasteiger partial charge in [0.15, 0.2) is 0 Å². The van der Waals surface area contributed by atoms with Crippen LogP contribution in [0, 0.1) is 0 Å². The third kappa shape index (κ3) is 6.05. The van der Waals surface area contributed by atoms with Crippen LogP contribution in [0.3, 0.4) is 0 Å². The summed E-state index contributed by atoms with van der Waals surface area (Å²) in [5, 5.41) is 0. The Morgan fingerprint density at radius 1 is 0.889 bits per heavy atom. The van der Waals surface area contributed by atoms with Gasteiger partial charge in [0.25, 0.3) is 0 Å². The normalized spacial score (nSPS) is 11.2. The fourth-order valence-electron chi connectivity index (χ4n) is 2.38. The van der Waals surface area contributed by atoms with Gasteiger partial charge in [-0.15, -0.1) is 0 Å². The Bertz CT molecular complexity index is 336. The lowest BCUT2D eigenvalue weighted by Crippen LogP contribution is -1.90. The van der Waals surface area contributed by atoms with E-state index in [0.717, 1.165) is 0 Å². The Balaban J connectivity index is 2.22. The van der Waals surface area contributed by atoms with Crippen LogP contribution in [-0.2, 0) is 6.42 Å². The maximum Gasteiger partial charge on any atom is -0.0228 e. The van der Waals surface area contributed by atoms with Crippen LogP contribution in [0.1, 0.15) is 69.9 Å². The summed E-state index contributed by atoms with van der Waals surface area (Å²) >= 11 is 0. The minimum Gasteiger partial charge on any atom is -0.0871 e. The van der Waals surface area contributed by atoms with Gasteiger partial charge in [0.2, 0.25) is 0 Å². The molecule has 18 heavy (non-hydrogen) atoms. The minimum atomic E-state index is 1.23. The highest BCUT2D eigenvalue weighted by Gasteiger charge is 1.98. The van der Waals surface area contributed by atoms with Gasteiger partial charge in [-0.1, -0.05) is 81.9 Å². The minimum absolute atomic E-state index is 1.23. The largest absolute Gasteiger partial charge is 0.0871 e. The van der Waals surface area contributed by atoms with E-state index in [-0.39, 0.29) is 0 Å². The van der Waals surface area contributed by atoms with Crippen molar-refractivity contribution < 1.29 is 0 Å². The standard InChI is InChI=1S/C18H28/c1-3-5-6-7-8-9-10-14-18-16-12-11-15-17(18)13-4-2/h4,11-13,15-16H,3,5-10,14H2,1-2H3. The molecule has 0 bridgehead atoms. The highest BCUT2D eigenvalue weighted by molar-refractivity contribution is 5.53. The monoisotopic (exact) mass is 244 g/mol. The zero-order valence-electron chi connectivity index (χ0n) is 12.1. The van der Waals surface area contributed by atoms with Gasteiger partial charge in [0, 0.05) is 0 Å². The predicted octanol–water partition coefficient (Wildman–Crippen LogP) is 6.01. The van der Waals surface area contributed by atoms with E-state index >= 15 is 0 Å². The third-order valence-corrected chi connectivity index (χ3v) is 3.45. The van der Waals surface area contributed by atoms with Crippen molar-refractivity contribution >= 4 is 6.08 Å². The number of benzene rings is 1. The van der Waals surface area contributed by atoms with Gasteiger partial charge in [-0.05, 0) is 30.9 Å². The summed E-state index contributed by atoms with van der Waals surface area (Å²) in [5.41, 5.74) is 2.90. The topological polar surface area (TPSA) is 0 Å². The molecular formula is C18H28. The molecule has 0 radical (unpaired) electrons. The molecule has 0 aliphatic rings. The van der Waals surface area contributed by atoms with E-state index in [9.17, 15) is 0 Å². The van der Waals surface area contributed by atoms with Gasteiger partial charge in [-0.2, -0.15) is 0 Å². The van der Waals surface area contributed by atoms with Crippen LogP contribution in [0.4, 0.5) is 0 Å². The Hall–Kier alpha value is -1.04. The van der Waals surface area contributed by atoms with Gasteiger partial charge in [0.1, 0.15) is 0 Å². The molecule has 1 rings (SSSR count). The highest BCUT2D eigenvalue weighted by Crippen LogP contribution is 2.15. The molecule has 0 aromatic heterocycles. The fraction of sp³-hybridized carbons (Fsp3) is 0.556. The number of hydrogen-bond donors (Lipinski definition) is 0. The zero-order chi connectivity index (χ0) is 13.1. The van der Waals surface area contributed by atoms with Crippen molar-refractivity contribution in [2.24, 2.45) is 0 Å². The molecule has 0 heteroatoms. The van der Waals surface area contributed by atoms with Crippen LogP contribution >= 0.6 is 0 Å². The average molecular weight is 244 g/mol. The van der Waals surface area contributed by atoms with E-state index in [1.165, 1.54) is 62.5 Å². The summed E-state index contributed by atoms with van der Waals surface area (Å²) < 4.78 is 0. The summed E-state index contributed by atoms with van der Waals surface area (Å²) in [5.74, 6) is 0. The first-order valence-electron chi connectivity index (χ1n) is 7.59. The maximum atomic E-state index is 2.28. The van der Waals surface area contributed by atoms with Crippen molar-refractivity contribution in [2.45, 2.75) is 65.2 Å². The lowest BCUT2D eigenvalue weighted by atomic mass is 10.00. The predicted molar refractivity (Wildman–Crippen MR) is 82.8 cm³/mol. The van der Waals surface area contributed by atoms with E-state index in [1.54, 1.807) is 0 Å². The van der Waals surface area contributed by atoms with Crippen molar-refractivity contribution in [1.82, 2.24) is 0 Å². The SMILES string of the molecule is CC=Cc1ccccc1CCCCCCCCC. The van der Waals surface area contributed by atoms with Crippen molar-refractivity contribution in [3.05, 3.63) is 41.5 Å². The van der Waals surface area contributed by atoms with Gasteiger partial charge < -0.3 is 0 Å². The molecule has 100 valence electrons. The summed E-state index contributed by atoms with van der Waals surface area (Å²) in [7, 11) is 0. The van der Waals surface area contributed by atoms with E-state index in [0.29, 0.717) is 0 Å². The molecule has 1 aromatic rings. The maximum absolute atomic E-state index is 2.28. The van der Waals surface area contributed by atoms with E-state index in [2.05, 4.69) is 50.3 Å². The summed E-state index contributed by atoms with van der Waals surface area (Å²) in [6.45, 7) is 4.36. The number of unbranched alkanes of at least 4 members (excludes halogenated alkanes) is 6. The molecule has 1 aromatic carbocycles. The number of aryl methyl sites for hydroxylation is 1. The Morgan fingerprint density at radius 3 is 2.28 bits per heavy atom. The van der Waals surface area contributed by atoms with E-state index < -0.39 is 0 Å². The third-order valence-electron chi connectivity index (χ3n) is 3.45. The van der Waals surface area contributed by atoms with Crippen LogP contribution in [0.25, 0.3) is 6.08 Å². The van der Waals surface area contributed by atoms with Gasteiger partial charge >= 0.3 is 0 Å². The number of rotatable bonds is 9. The van der Waals surface area contributed by atoms with Crippen molar-refractivity contribution in [2.75, 3.05) is 0 Å². The van der Waals surface area contributed by atoms with Crippen molar-refractivity contribution in [1.29, 1.82) is 0 Å². The smallest absolute Gasteiger partial charge is 0.0228 e. The molecule has 0 saturated heterocycles. The number of allylic oxidation sites excluding steroid dienone is 1. The van der Waals surface area contributed by atoms with Crippen LogP contribution < -0.4 is 0 Å². The molecule has 0 fully saturated rings. The first-order valence-corrected chi connectivity index (χ1v) is 7.59. The fourth-order valence-corrected chi connectivity index (χ4v) is 2.38. The lowest BCUT2D eigenvalue weighted by Gasteiger charge is -2.06. The van der Waals surface area contributed by atoms with Crippen LogP contribution in [0.2, 0.25) is 0 Å². The summed E-state index contributed by atoms with van der Waals surface area (Å²) in [6, 6.07) is 8.77. The molecule has 0 atom stereocenters. The molecule has 0 aliphatic heterocycles. The number of hydrogen-bond acceptors (Lipinski definition) is 0. The van der Waals surface area contributed by atoms with E-state index in [4.69, 9.17) is 0 Å². The molecule has 0 spiro atoms. The average Bonchev–Trinajstić information content (AvgIpc) is 2.40. The molecule has 0 unspecified atom stereocenters. The Labute approximate surface area is 113 Å². The highest BCUT2D eigenvalue weighted by atomic mass is 14.0. The van der Waals surface area contributed by atoms with E-state index in [1.807, 2.05) is 0 Å². The second-order valence-corrected chi connectivity index (χ2v) is 5.07.